The first-order valence-corrected chi connectivity index (χ1v) is 8.49. The molecule has 118 valence electrons. The Hall–Kier alpha value is -1.80. The second-order valence-electron chi connectivity index (χ2n) is 5.57. The minimum atomic E-state index is -3.60. The summed E-state index contributed by atoms with van der Waals surface area (Å²) in [5.41, 5.74) is 1.02. The molecular weight excluding hydrogens is 307 g/mol. The Morgan fingerprint density at radius 3 is 2.68 bits per heavy atom. The molecule has 1 unspecified atom stereocenters. The molecule has 2 heterocycles. The summed E-state index contributed by atoms with van der Waals surface area (Å²) >= 11 is 0. The summed E-state index contributed by atoms with van der Waals surface area (Å²) in [6.45, 7) is 0.924. The summed E-state index contributed by atoms with van der Waals surface area (Å²) in [5.74, 6) is -0.0323. The predicted octanol–water partition coefficient (Wildman–Crippen LogP) is 1.21. The third-order valence-corrected chi connectivity index (χ3v) is 5.77. The molecule has 1 aliphatic rings. The number of hydrogen-bond acceptors (Lipinski definition) is 4. The molecular formula is C14H17FN4O2S. The van der Waals surface area contributed by atoms with Gasteiger partial charge in [0.25, 0.3) is 15.2 Å². The summed E-state index contributed by atoms with van der Waals surface area (Å²) in [7, 11) is -1.99. The van der Waals surface area contributed by atoms with Gasteiger partial charge in [-0.2, -0.15) is 4.31 Å². The van der Waals surface area contributed by atoms with Crippen LogP contribution in [0, 0.1) is 11.7 Å². The standard InChI is InChI=1S/C14H17FN4O2S/c1-18-10-16-17-14(18)22(20,21)19-7-6-12(9-19)8-11-2-4-13(15)5-3-11/h2-5,10,12H,6-9H2,1H3. The van der Waals surface area contributed by atoms with Crippen LogP contribution in [0.5, 0.6) is 0 Å². The van der Waals surface area contributed by atoms with Crippen LogP contribution in [0.25, 0.3) is 0 Å². The van der Waals surface area contributed by atoms with Crippen molar-refractivity contribution in [3.05, 3.63) is 42.0 Å². The lowest BCUT2D eigenvalue weighted by molar-refractivity contribution is 0.446. The van der Waals surface area contributed by atoms with E-state index < -0.39 is 10.0 Å². The van der Waals surface area contributed by atoms with Crippen LogP contribution < -0.4 is 0 Å². The lowest BCUT2D eigenvalue weighted by Gasteiger charge is -2.15. The van der Waals surface area contributed by atoms with Crippen LogP contribution in [0.3, 0.4) is 0 Å². The lowest BCUT2D eigenvalue weighted by atomic mass is 9.99. The molecule has 22 heavy (non-hydrogen) atoms. The molecule has 0 spiro atoms. The van der Waals surface area contributed by atoms with Crippen LogP contribution in [0.15, 0.2) is 35.7 Å². The summed E-state index contributed by atoms with van der Waals surface area (Å²) in [5, 5.41) is 7.29. The summed E-state index contributed by atoms with van der Waals surface area (Å²) in [6, 6.07) is 6.35. The second kappa shape index (κ2) is 5.77. The monoisotopic (exact) mass is 324 g/mol. The van der Waals surface area contributed by atoms with Gasteiger partial charge < -0.3 is 4.57 Å². The van der Waals surface area contributed by atoms with Crippen LogP contribution in [0.1, 0.15) is 12.0 Å². The molecule has 1 saturated heterocycles. The third kappa shape index (κ3) is 2.89. The molecule has 1 fully saturated rings. The fraction of sp³-hybridized carbons (Fsp3) is 0.429. The Morgan fingerprint density at radius 1 is 1.32 bits per heavy atom. The number of benzene rings is 1. The van der Waals surface area contributed by atoms with Crippen LogP contribution in [-0.2, 0) is 23.5 Å². The summed E-state index contributed by atoms with van der Waals surface area (Å²) in [4.78, 5) is 0. The molecule has 1 aromatic carbocycles. The Balaban J connectivity index is 1.70. The van der Waals surface area contributed by atoms with Crippen LogP contribution in [0.2, 0.25) is 0 Å². The Kier molecular flexibility index (Phi) is 3.96. The maximum atomic E-state index is 12.9. The quantitative estimate of drug-likeness (QED) is 0.848. The summed E-state index contributed by atoms with van der Waals surface area (Å²) in [6.07, 6.45) is 2.90. The first-order chi connectivity index (χ1) is 10.5. The normalized spacial score (nSPS) is 19.6. The Labute approximate surface area is 128 Å². The van der Waals surface area contributed by atoms with Crippen LogP contribution >= 0.6 is 0 Å². The second-order valence-corrected chi connectivity index (χ2v) is 7.40. The molecule has 0 bridgehead atoms. The van der Waals surface area contributed by atoms with Gasteiger partial charge in [0.2, 0.25) is 0 Å². The van der Waals surface area contributed by atoms with Gasteiger partial charge in [0.15, 0.2) is 0 Å². The van der Waals surface area contributed by atoms with E-state index in [9.17, 15) is 12.8 Å². The van der Waals surface area contributed by atoms with E-state index in [0.29, 0.717) is 13.1 Å². The molecule has 2 aromatic rings. The first kappa shape index (κ1) is 15.1. The van der Waals surface area contributed by atoms with Gasteiger partial charge in [0, 0.05) is 20.1 Å². The van der Waals surface area contributed by atoms with Gasteiger partial charge in [0.1, 0.15) is 12.1 Å². The van der Waals surface area contributed by atoms with Crippen molar-refractivity contribution < 1.29 is 12.8 Å². The SMILES string of the molecule is Cn1cnnc1S(=O)(=O)N1CCC(Cc2ccc(F)cc2)C1. The van der Waals surface area contributed by atoms with E-state index in [-0.39, 0.29) is 16.9 Å². The highest BCUT2D eigenvalue weighted by Crippen LogP contribution is 2.25. The summed E-state index contributed by atoms with van der Waals surface area (Å²) < 4.78 is 40.8. The minimum absolute atomic E-state index is 0.0325. The fourth-order valence-electron chi connectivity index (χ4n) is 2.76. The van der Waals surface area contributed by atoms with Crippen molar-refractivity contribution >= 4 is 10.0 Å². The maximum Gasteiger partial charge on any atom is 0.278 e. The van der Waals surface area contributed by atoms with Gasteiger partial charge in [-0.25, -0.2) is 12.8 Å². The van der Waals surface area contributed by atoms with E-state index in [4.69, 9.17) is 0 Å². The number of hydrogen-bond donors (Lipinski definition) is 0. The first-order valence-electron chi connectivity index (χ1n) is 7.05. The van der Waals surface area contributed by atoms with Gasteiger partial charge in [-0.1, -0.05) is 12.1 Å². The minimum Gasteiger partial charge on any atom is -0.306 e. The smallest absolute Gasteiger partial charge is 0.278 e. The average molecular weight is 324 g/mol. The van der Waals surface area contributed by atoms with Gasteiger partial charge in [-0.3, -0.25) is 0 Å². The molecule has 0 N–H and O–H groups in total. The fourth-order valence-corrected chi connectivity index (χ4v) is 4.30. The molecule has 8 heteroatoms. The van der Waals surface area contributed by atoms with E-state index in [1.54, 1.807) is 19.2 Å². The largest absolute Gasteiger partial charge is 0.306 e. The van der Waals surface area contributed by atoms with E-state index in [0.717, 1.165) is 18.4 Å². The Bertz CT molecular complexity index is 757. The topological polar surface area (TPSA) is 68.1 Å². The van der Waals surface area contributed by atoms with Crippen LogP contribution in [0.4, 0.5) is 4.39 Å². The highest BCUT2D eigenvalue weighted by atomic mass is 32.2. The van der Waals surface area contributed by atoms with Crippen molar-refractivity contribution in [2.45, 2.75) is 18.0 Å². The Morgan fingerprint density at radius 2 is 2.05 bits per heavy atom. The lowest BCUT2D eigenvalue weighted by Crippen LogP contribution is -2.31. The zero-order valence-corrected chi connectivity index (χ0v) is 13.0. The maximum absolute atomic E-state index is 12.9. The molecule has 6 nitrogen and oxygen atoms in total. The van der Waals surface area contributed by atoms with E-state index in [2.05, 4.69) is 10.2 Å². The van der Waals surface area contributed by atoms with Crippen molar-refractivity contribution in [1.82, 2.24) is 19.1 Å². The predicted molar refractivity (Wildman–Crippen MR) is 78.0 cm³/mol. The van der Waals surface area contributed by atoms with Crippen molar-refractivity contribution in [3.63, 3.8) is 0 Å². The highest BCUT2D eigenvalue weighted by molar-refractivity contribution is 7.89. The third-order valence-electron chi connectivity index (χ3n) is 3.93. The molecule has 0 radical (unpaired) electrons. The zero-order chi connectivity index (χ0) is 15.7. The molecule has 1 aromatic heterocycles. The molecule has 0 amide bonds. The van der Waals surface area contributed by atoms with E-state index in [1.165, 1.54) is 27.3 Å². The van der Waals surface area contributed by atoms with Gasteiger partial charge in [0.05, 0.1) is 0 Å². The van der Waals surface area contributed by atoms with E-state index >= 15 is 0 Å². The molecule has 1 aliphatic heterocycles. The molecule has 3 rings (SSSR count). The number of sulfonamides is 1. The van der Waals surface area contributed by atoms with Crippen LogP contribution in [-0.4, -0.2) is 40.6 Å². The number of aryl methyl sites for hydroxylation is 1. The van der Waals surface area contributed by atoms with Gasteiger partial charge in [-0.15, -0.1) is 10.2 Å². The van der Waals surface area contributed by atoms with Crippen molar-refractivity contribution in [2.75, 3.05) is 13.1 Å². The van der Waals surface area contributed by atoms with Gasteiger partial charge >= 0.3 is 0 Å². The number of nitrogens with zero attached hydrogens (tertiary/aromatic N) is 4. The number of rotatable bonds is 4. The van der Waals surface area contributed by atoms with Gasteiger partial charge in [-0.05, 0) is 36.5 Å². The molecule has 0 aliphatic carbocycles. The number of aromatic nitrogens is 3. The van der Waals surface area contributed by atoms with Crippen molar-refractivity contribution in [1.29, 1.82) is 0 Å². The van der Waals surface area contributed by atoms with Crippen molar-refractivity contribution in [2.24, 2.45) is 13.0 Å². The molecule has 1 atom stereocenters. The average Bonchev–Trinajstić information content (AvgIpc) is 3.11. The van der Waals surface area contributed by atoms with Crippen molar-refractivity contribution in [3.8, 4) is 0 Å². The number of halogens is 1. The molecule has 0 saturated carbocycles. The highest BCUT2D eigenvalue weighted by Gasteiger charge is 2.35. The zero-order valence-electron chi connectivity index (χ0n) is 12.2. The van der Waals surface area contributed by atoms with E-state index in [1.807, 2.05) is 0 Å².